The number of nitrogens with one attached hydrogen (secondary N) is 1. The van der Waals surface area contributed by atoms with Crippen molar-refractivity contribution in [1.82, 2.24) is 14.5 Å². The summed E-state index contributed by atoms with van der Waals surface area (Å²) in [6.07, 6.45) is 0. The minimum atomic E-state index is -1.07. The third kappa shape index (κ3) is 2.35. The smallest absolute Gasteiger partial charge is 0.335 e. The molecule has 0 aliphatic carbocycles. The first-order valence-electron chi connectivity index (χ1n) is 5.56. The number of aromatic amines is 1. The van der Waals surface area contributed by atoms with Gasteiger partial charge in [-0.2, -0.15) is 0 Å². The molecule has 1 amide bonds. The summed E-state index contributed by atoms with van der Waals surface area (Å²) in [6, 6.07) is 4.28. The molecule has 0 aliphatic heterocycles. The van der Waals surface area contributed by atoms with E-state index in [1.54, 1.807) is 14.1 Å². The van der Waals surface area contributed by atoms with Gasteiger partial charge in [0.2, 0.25) is 5.91 Å². The Balaban J connectivity index is 2.51. The summed E-state index contributed by atoms with van der Waals surface area (Å²) in [5, 5.41) is 8.88. The van der Waals surface area contributed by atoms with Crippen molar-refractivity contribution in [3.63, 3.8) is 0 Å². The first kappa shape index (κ1) is 12.9. The van der Waals surface area contributed by atoms with Crippen molar-refractivity contribution in [2.75, 3.05) is 14.1 Å². The number of H-pyrrole nitrogens is 1. The molecule has 0 bridgehead atoms. The van der Waals surface area contributed by atoms with Gasteiger partial charge in [-0.3, -0.25) is 9.36 Å². The average molecular weight is 263 g/mol. The van der Waals surface area contributed by atoms with E-state index in [0.717, 1.165) is 0 Å². The van der Waals surface area contributed by atoms with Crippen molar-refractivity contribution in [1.29, 1.82) is 0 Å². The Morgan fingerprint density at radius 2 is 2.05 bits per heavy atom. The van der Waals surface area contributed by atoms with E-state index in [2.05, 4.69) is 4.98 Å². The number of amides is 1. The first-order valence-corrected chi connectivity index (χ1v) is 5.56. The normalized spacial score (nSPS) is 10.6. The fourth-order valence-electron chi connectivity index (χ4n) is 1.73. The largest absolute Gasteiger partial charge is 0.478 e. The van der Waals surface area contributed by atoms with E-state index in [4.69, 9.17) is 5.11 Å². The number of hydrogen-bond acceptors (Lipinski definition) is 3. The highest BCUT2D eigenvalue weighted by molar-refractivity contribution is 5.92. The number of benzene rings is 1. The number of hydrogen-bond donors (Lipinski definition) is 2. The monoisotopic (exact) mass is 263 g/mol. The summed E-state index contributed by atoms with van der Waals surface area (Å²) in [5.74, 6) is -1.29. The van der Waals surface area contributed by atoms with Gasteiger partial charge < -0.3 is 15.0 Å². The lowest BCUT2D eigenvalue weighted by molar-refractivity contribution is -0.129. The van der Waals surface area contributed by atoms with Crippen LogP contribution in [0, 0.1) is 0 Å². The van der Waals surface area contributed by atoms with E-state index in [-0.39, 0.29) is 18.0 Å². The number of likely N-dealkylation sites (N-methyl/N-ethyl adjacent to an activating group) is 1. The Hall–Kier alpha value is -2.57. The zero-order valence-electron chi connectivity index (χ0n) is 10.5. The molecule has 0 saturated heterocycles. The molecule has 2 N–H and O–H groups in total. The number of aromatic carboxylic acids is 1. The molecule has 19 heavy (non-hydrogen) atoms. The molecule has 1 aromatic carbocycles. The number of nitrogens with zero attached hydrogens (tertiary/aromatic N) is 2. The van der Waals surface area contributed by atoms with Gasteiger partial charge in [0.1, 0.15) is 6.54 Å². The van der Waals surface area contributed by atoms with Crippen molar-refractivity contribution in [3.05, 3.63) is 34.2 Å². The van der Waals surface area contributed by atoms with E-state index in [9.17, 15) is 14.4 Å². The summed E-state index contributed by atoms with van der Waals surface area (Å²) in [6.45, 7) is -0.0851. The van der Waals surface area contributed by atoms with Crippen LogP contribution in [0.2, 0.25) is 0 Å². The highest BCUT2D eigenvalue weighted by Crippen LogP contribution is 2.13. The second-order valence-electron chi connectivity index (χ2n) is 4.34. The van der Waals surface area contributed by atoms with Crippen LogP contribution in [0.15, 0.2) is 23.0 Å². The van der Waals surface area contributed by atoms with Crippen molar-refractivity contribution in [2.24, 2.45) is 0 Å². The summed E-state index contributed by atoms with van der Waals surface area (Å²) in [7, 11) is 3.20. The highest BCUT2D eigenvalue weighted by Gasteiger charge is 2.13. The predicted octanol–water partition coefficient (Wildman–Crippen LogP) is 0.116. The van der Waals surface area contributed by atoms with E-state index >= 15 is 0 Å². The predicted molar refractivity (Wildman–Crippen MR) is 68.2 cm³/mol. The molecule has 0 aliphatic rings. The van der Waals surface area contributed by atoms with Gasteiger partial charge in [-0.25, -0.2) is 9.59 Å². The Kier molecular flexibility index (Phi) is 3.12. The number of rotatable bonds is 3. The molecular formula is C12H13N3O4. The molecule has 100 valence electrons. The maximum Gasteiger partial charge on any atom is 0.335 e. The second kappa shape index (κ2) is 4.60. The standard InChI is InChI=1S/C12H13N3O4/c1-14(2)10(16)6-15-9-4-3-7(11(17)18)5-8(9)13-12(15)19/h3-5H,6H2,1-2H3,(H,13,19)(H,17,18). The molecule has 0 spiro atoms. The molecule has 0 fully saturated rings. The third-order valence-corrected chi connectivity index (χ3v) is 2.81. The van der Waals surface area contributed by atoms with Gasteiger partial charge in [0.05, 0.1) is 16.6 Å². The molecule has 2 rings (SSSR count). The van der Waals surface area contributed by atoms with Crippen LogP contribution in [-0.4, -0.2) is 45.5 Å². The van der Waals surface area contributed by atoms with Crippen LogP contribution in [0.1, 0.15) is 10.4 Å². The Morgan fingerprint density at radius 1 is 1.37 bits per heavy atom. The SMILES string of the molecule is CN(C)C(=O)Cn1c(=O)[nH]c2cc(C(=O)O)ccc21. The van der Waals surface area contributed by atoms with E-state index < -0.39 is 11.7 Å². The van der Waals surface area contributed by atoms with Crippen LogP contribution in [0.5, 0.6) is 0 Å². The molecule has 2 aromatic rings. The van der Waals surface area contributed by atoms with Crippen LogP contribution >= 0.6 is 0 Å². The molecule has 7 heteroatoms. The molecule has 0 unspecified atom stereocenters. The van der Waals surface area contributed by atoms with Gasteiger partial charge in [0.15, 0.2) is 0 Å². The highest BCUT2D eigenvalue weighted by atomic mass is 16.4. The van der Waals surface area contributed by atoms with Gasteiger partial charge in [0, 0.05) is 14.1 Å². The van der Waals surface area contributed by atoms with Crippen molar-refractivity contribution in [3.8, 4) is 0 Å². The van der Waals surface area contributed by atoms with Crippen LogP contribution in [0.4, 0.5) is 0 Å². The van der Waals surface area contributed by atoms with Crippen molar-refractivity contribution >= 4 is 22.9 Å². The van der Waals surface area contributed by atoms with Crippen LogP contribution in [0.25, 0.3) is 11.0 Å². The van der Waals surface area contributed by atoms with Gasteiger partial charge in [-0.1, -0.05) is 0 Å². The minimum Gasteiger partial charge on any atom is -0.478 e. The van der Waals surface area contributed by atoms with Crippen LogP contribution in [-0.2, 0) is 11.3 Å². The number of carboxylic acid groups (broad SMARTS) is 1. The van der Waals surface area contributed by atoms with Crippen molar-refractivity contribution in [2.45, 2.75) is 6.54 Å². The van der Waals surface area contributed by atoms with Gasteiger partial charge in [0.25, 0.3) is 0 Å². The summed E-state index contributed by atoms with van der Waals surface area (Å²) < 4.78 is 1.28. The molecular weight excluding hydrogens is 250 g/mol. The number of aromatic nitrogens is 2. The van der Waals surface area contributed by atoms with Crippen LogP contribution in [0.3, 0.4) is 0 Å². The number of imidazole rings is 1. The molecule has 1 heterocycles. The maximum atomic E-state index is 11.8. The van der Waals surface area contributed by atoms with E-state index in [1.165, 1.54) is 27.7 Å². The molecule has 0 saturated carbocycles. The lowest BCUT2D eigenvalue weighted by Gasteiger charge is -2.10. The Bertz CT molecular complexity index is 711. The third-order valence-electron chi connectivity index (χ3n) is 2.81. The fourth-order valence-corrected chi connectivity index (χ4v) is 1.73. The fraction of sp³-hybridized carbons (Fsp3) is 0.250. The molecule has 0 radical (unpaired) electrons. The number of carbonyl (C=O) groups is 2. The van der Waals surface area contributed by atoms with Gasteiger partial charge in [-0.15, -0.1) is 0 Å². The quantitative estimate of drug-likeness (QED) is 0.822. The number of fused-ring (bicyclic) bond motifs is 1. The Labute approximate surface area is 108 Å². The Morgan fingerprint density at radius 3 is 2.63 bits per heavy atom. The number of carbonyl (C=O) groups excluding carboxylic acids is 1. The maximum absolute atomic E-state index is 11.8. The lowest BCUT2D eigenvalue weighted by atomic mass is 10.2. The summed E-state index contributed by atoms with van der Waals surface area (Å²) >= 11 is 0. The lowest BCUT2D eigenvalue weighted by Crippen LogP contribution is -2.30. The molecule has 0 atom stereocenters. The summed E-state index contributed by atoms with van der Waals surface area (Å²) in [5.41, 5.74) is 0.550. The number of carboxylic acids is 1. The minimum absolute atomic E-state index is 0.0832. The second-order valence-corrected chi connectivity index (χ2v) is 4.34. The molecule has 7 nitrogen and oxygen atoms in total. The average Bonchev–Trinajstić information content (AvgIpc) is 2.64. The zero-order chi connectivity index (χ0) is 14.2. The van der Waals surface area contributed by atoms with Gasteiger partial charge in [-0.05, 0) is 18.2 Å². The van der Waals surface area contributed by atoms with Crippen LogP contribution < -0.4 is 5.69 Å². The zero-order valence-corrected chi connectivity index (χ0v) is 10.5. The van der Waals surface area contributed by atoms with Crippen molar-refractivity contribution < 1.29 is 14.7 Å². The van der Waals surface area contributed by atoms with Gasteiger partial charge >= 0.3 is 11.7 Å². The molecule has 1 aromatic heterocycles. The topological polar surface area (TPSA) is 95.4 Å². The summed E-state index contributed by atoms with van der Waals surface area (Å²) in [4.78, 5) is 38.2. The van der Waals surface area contributed by atoms with E-state index in [1.807, 2.05) is 0 Å². The van der Waals surface area contributed by atoms with E-state index in [0.29, 0.717) is 11.0 Å². The first-order chi connectivity index (χ1) is 8.90.